The Morgan fingerprint density at radius 1 is 1.62 bits per heavy atom. The van der Waals surface area contributed by atoms with Crippen molar-refractivity contribution in [2.24, 2.45) is 0 Å². The predicted octanol–water partition coefficient (Wildman–Crippen LogP) is -2.39. The van der Waals surface area contributed by atoms with Crippen molar-refractivity contribution in [3.63, 3.8) is 0 Å². The fourth-order valence-corrected chi connectivity index (χ4v) is 0. The van der Waals surface area contributed by atoms with Crippen LogP contribution < -0.4 is 0 Å². The fraction of sp³-hybridized carbons (Fsp3) is 0.500. The van der Waals surface area contributed by atoms with Gasteiger partial charge in [-0.2, -0.15) is 12.6 Å². The van der Waals surface area contributed by atoms with E-state index in [2.05, 4.69) is 12.6 Å². The van der Waals surface area contributed by atoms with Crippen LogP contribution in [0.3, 0.4) is 0 Å². The van der Waals surface area contributed by atoms with E-state index in [0.717, 1.165) is 0 Å². The Bertz CT molecular complexity index is 52.5. The van der Waals surface area contributed by atoms with E-state index >= 15 is 0 Å². The third kappa shape index (κ3) is 23.4. The molecular formula is C2H9CaKO3S. The van der Waals surface area contributed by atoms with Crippen molar-refractivity contribution in [2.45, 2.75) is 0 Å². The van der Waals surface area contributed by atoms with Crippen LogP contribution >= 0.6 is 12.6 Å². The molecule has 0 aliphatic rings. The maximum atomic E-state index is 9.29. The molecule has 0 saturated carbocycles. The van der Waals surface area contributed by atoms with Gasteiger partial charge in [0.15, 0.2) is 0 Å². The van der Waals surface area contributed by atoms with Crippen LogP contribution in [0.4, 0.5) is 0 Å². The summed E-state index contributed by atoms with van der Waals surface area (Å²) < 4.78 is 0. The summed E-state index contributed by atoms with van der Waals surface area (Å²) in [5.74, 6) is -0.965. The quantitative estimate of drug-likeness (QED) is 0.360. The van der Waals surface area contributed by atoms with Crippen molar-refractivity contribution in [3.05, 3.63) is 0 Å². The minimum atomic E-state index is -0.881. The number of rotatable bonds is 1. The molecule has 3 nitrogen and oxygen atoms in total. The molecular weight excluding hydrogens is 183 g/mol. The van der Waals surface area contributed by atoms with E-state index in [0.29, 0.717) is 0 Å². The second kappa shape index (κ2) is 16.3. The zero-order valence-electron chi connectivity index (χ0n) is 3.01. The monoisotopic (exact) mass is 192 g/mol. The summed E-state index contributed by atoms with van der Waals surface area (Å²) >= 11 is 3.42. The first-order valence-electron chi connectivity index (χ1n) is 1.10. The summed E-state index contributed by atoms with van der Waals surface area (Å²) in [7, 11) is 0. The maximum absolute atomic E-state index is 9.29. The van der Waals surface area contributed by atoms with Gasteiger partial charge in [0, 0.05) is 0 Å². The van der Waals surface area contributed by atoms with Crippen LogP contribution in [0.2, 0.25) is 0 Å². The first-order chi connectivity index (χ1) is 2.27. The average Bonchev–Trinajstić information content (AvgIpc) is 1.38. The van der Waals surface area contributed by atoms with Crippen molar-refractivity contribution in [1.82, 2.24) is 0 Å². The second-order valence-electron chi connectivity index (χ2n) is 0.552. The number of hydrogen-bond acceptors (Lipinski definition) is 2. The van der Waals surface area contributed by atoms with E-state index in [1.54, 1.807) is 0 Å². The predicted molar refractivity (Wildman–Crippen MR) is 40.8 cm³/mol. The Labute approximate surface area is 126 Å². The molecule has 0 radical (unpaired) electrons. The molecule has 6 heteroatoms. The van der Waals surface area contributed by atoms with Gasteiger partial charge < -0.3 is 10.6 Å². The van der Waals surface area contributed by atoms with Crippen molar-refractivity contribution < 1.29 is 15.4 Å². The number of carbonyl (C=O) groups is 1. The Balaban J connectivity index is -0.0000000267. The van der Waals surface area contributed by atoms with Gasteiger partial charge in [0.1, 0.15) is 0 Å². The Kier molecular flexibility index (Phi) is 45.8. The van der Waals surface area contributed by atoms with Gasteiger partial charge in [-0.3, -0.25) is 4.79 Å². The van der Waals surface area contributed by atoms with Crippen molar-refractivity contribution in [1.29, 1.82) is 0 Å². The van der Waals surface area contributed by atoms with E-state index in [1.165, 1.54) is 0 Å². The molecule has 3 N–H and O–H groups in total. The molecule has 0 aromatic rings. The molecule has 0 spiro atoms. The molecule has 0 saturated heterocycles. The molecule has 0 aliphatic heterocycles. The average molecular weight is 192 g/mol. The minimum absolute atomic E-state index is 0. The van der Waals surface area contributed by atoms with Gasteiger partial charge in [0.25, 0.3) is 0 Å². The van der Waals surface area contributed by atoms with Crippen molar-refractivity contribution in [3.8, 4) is 0 Å². The summed E-state index contributed by atoms with van der Waals surface area (Å²) in [6, 6.07) is 0. The SMILES string of the molecule is O.O=C(O)CS.[CaH2].[KH]. The van der Waals surface area contributed by atoms with E-state index < -0.39 is 5.97 Å². The normalized spacial score (nSPS) is 4.62. The van der Waals surface area contributed by atoms with Crippen LogP contribution in [0.15, 0.2) is 0 Å². The summed E-state index contributed by atoms with van der Waals surface area (Å²) in [6.45, 7) is 0. The van der Waals surface area contributed by atoms with Gasteiger partial charge in [-0.05, 0) is 0 Å². The Hall–Kier alpha value is 2.68. The molecule has 0 fully saturated rings. The molecule has 0 rings (SSSR count). The molecule has 44 valence electrons. The van der Waals surface area contributed by atoms with E-state index in [-0.39, 0.29) is 100 Å². The third-order valence-electron chi connectivity index (χ3n) is 0.135. The standard InChI is InChI=1S/C2H4O2S.Ca.K.H2O.3H/c3-2(4)1-5;;;;;;/h5H,1H2,(H,3,4);;;1H2;;;. The zero-order valence-corrected chi connectivity index (χ0v) is 3.90. The molecule has 8 heavy (non-hydrogen) atoms. The molecule has 0 aromatic carbocycles. The molecule has 0 bridgehead atoms. The molecule has 0 aromatic heterocycles. The van der Waals surface area contributed by atoms with Crippen molar-refractivity contribution in [2.75, 3.05) is 5.75 Å². The van der Waals surface area contributed by atoms with Crippen molar-refractivity contribution >= 4 is 108 Å². The molecule has 0 aliphatic carbocycles. The first-order valence-corrected chi connectivity index (χ1v) is 1.73. The number of hydrogen-bond donors (Lipinski definition) is 2. The van der Waals surface area contributed by atoms with Gasteiger partial charge in [-0.15, -0.1) is 0 Å². The Morgan fingerprint density at radius 3 is 1.75 bits per heavy atom. The van der Waals surface area contributed by atoms with Crippen LogP contribution in [0.5, 0.6) is 0 Å². The van der Waals surface area contributed by atoms with Gasteiger partial charge in [0.2, 0.25) is 0 Å². The number of carboxylic acid groups (broad SMARTS) is 1. The van der Waals surface area contributed by atoms with Crippen LogP contribution in [0.25, 0.3) is 0 Å². The molecule has 0 atom stereocenters. The number of thiol groups is 1. The summed E-state index contributed by atoms with van der Waals surface area (Å²) in [5, 5.41) is 7.65. The van der Waals surface area contributed by atoms with E-state index in [9.17, 15) is 4.79 Å². The van der Waals surface area contributed by atoms with Gasteiger partial charge in [-0.1, -0.05) is 0 Å². The van der Waals surface area contributed by atoms with Gasteiger partial charge in [0.05, 0.1) is 5.75 Å². The molecule has 0 amide bonds. The van der Waals surface area contributed by atoms with Crippen LogP contribution in [-0.2, 0) is 4.79 Å². The van der Waals surface area contributed by atoms with Gasteiger partial charge in [-0.25, -0.2) is 0 Å². The van der Waals surface area contributed by atoms with E-state index in [1.807, 2.05) is 0 Å². The molecule has 0 unspecified atom stereocenters. The van der Waals surface area contributed by atoms with Crippen LogP contribution in [0, 0.1) is 0 Å². The third-order valence-corrected chi connectivity index (χ3v) is 0.406. The van der Waals surface area contributed by atoms with Crippen LogP contribution in [-0.4, -0.2) is 111 Å². The first kappa shape index (κ1) is 22.4. The Morgan fingerprint density at radius 2 is 1.75 bits per heavy atom. The van der Waals surface area contributed by atoms with E-state index in [4.69, 9.17) is 5.11 Å². The topological polar surface area (TPSA) is 68.8 Å². The summed E-state index contributed by atoms with van der Waals surface area (Å²) in [5.41, 5.74) is 0. The number of aliphatic carboxylic acids is 1. The zero-order chi connectivity index (χ0) is 4.28. The van der Waals surface area contributed by atoms with Gasteiger partial charge >= 0.3 is 95.1 Å². The number of carboxylic acids is 1. The molecule has 0 heterocycles. The fourth-order valence-electron chi connectivity index (χ4n) is 0. The van der Waals surface area contributed by atoms with Crippen LogP contribution in [0.1, 0.15) is 0 Å². The summed E-state index contributed by atoms with van der Waals surface area (Å²) in [4.78, 5) is 9.29. The summed E-state index contributed by atoms with van der Waals surface area (Å²) in [6.07, 6.45) is 0. The second-order valence-corrected chi connectivity index (χ2v) is 0.868.